The van der Waals surface area contributed by atoms with Gasteiger partial charge in [0.25, 0.3) is 5.91 Å². The number of amides is 1. The molecule has 0 aliphatic carbocycles. The van der Waals surface area contributed by atoms with Crippen LogP contribution >= 0.6 is 0 Å². The zero-order chi connectivity index (χ0) is 22.2. The molecule has 160 valence electrons. The van der Waals surface area contributed by atoms with Crippen molar-refractivity contribution in [2.75, 3.05) is 6.61 Å². The quantitative estimate of drug-likeness (QED) is 0.465. The fourth-order valence-corrected chi connectivity index (χ4v) is 4.25. The molecule has 0 fully saturated rings. The van der Waals surface area contributed by atoms with Crippen LogP contribution in [0.1, 0.15) is 45.8 Å². The van der Waals surface area contributed by atoms with Crippen LogP contribution in [-0.2, 0) is 6.54 Å². The number of benzene rings is 2. The zero-order valence-electron chi connectivity index (χ0n) is 17.9. The van der Waals surface area contributed by atoms with Gasteiger partial charge in [-0.15, -0.1) is 0 Å². The Labute approximate surface area is 185 Å². The Kier molecular flexibility index (Phi) is 4.98. The van der Waals surface area contributed by atoms with Crippen LogP contribution in [0.2, 0.25) is 0 Å². The van der Waals surface area contributed by atoms with Crippen molar-refractivity contribution >= 4 is 16.9 Å². The second kappa shape index (κ2) is 7.96. The molecule has 3 heterocycles. The summed E-state index contributed by atoms with van der Waals surface area (Å²) in [5, 5.41) is 0.482. The van der Waals surface area contributed by atoms with Gasteiger partial charge in [-0.05, 0) is 55.3 Å². The molecule has 2 aromatic carbocycles. The van der Waals surface area contributed by atoms with E-state index in [4.69, 9.17) is 9.15 Å². The summed E-state index contributed by atoms with van der Waals surface area (Å²) in [6, 6.07) is 16.1. The first-order valence-corrected chi connectivity index (χ1v) is 10.6. The lowest BCUT2D eigenvalue weighted by Crippen LogP contribution is -2.29. The van der Waals surface area contributed by atoms with Crippen molar-refractivity contribution < 1.29 is 13.9 Å². The van der Waals surface area contributed by atoms with Crippen molar-refractivity contribution in [3.05, 3.63) is 105 Å². The lowest BCUT2D eigenvalue weighted by molar-refractivity contribution is 0.0714. The number of nitrogens with zero attached hydrogens (tertiary/aromatic N) is 2. The fourth-order valence-electron chi connectivity index (χ4n) is 4.25. The number of hydrogen-bond acceptors (Lipinski definition) is 5. The maximum atomic E-state index is 13.6. The maximum absolute atomic E-state index is 13.6. The molecule has 1 aliphatic rings. The lowest BCUT2D eigenvalue weighted by Gasteiger charge is -2.25. The van der Waals surface area contributed by atoms with E-state index in [0.29, 0.717) is 29.7 Å². The number of carbonyl (C=O) groups is 1. The van der Waals surface area contributed by atoms with E-state index in [1.54, 1.807) is 23.4 Å². The average Bonchev–Trinajstić information content (AvgIpc) is 3.08. The summed E-state index contributed by atoms with van der Waals surface area (Å²) in [5.41, 5.74) is 3.27. The molecule has 0 radical (unpaired) electrons. The number of ether oxygens (including phenoxy) is 1. The molecule has 0 saturated carbocycles. The van der Waals surface area contributed by atoms with Gasteiger partial charge in [0.15, 0.2) is 5.43 Å². The standard InChI is InChI=1S/C26H22N2O4/c1-3-31-19-9-7-18(8-10-19)23-22-24(29)20-13-16(2)6-11-21(20)32-25(22)26(30)28(23)15-17-5-4-12-27-14-17/h4-14,23H,3,15H2,1-2H3/t23-/m0/s1. The number of carbonyl (C=O) groups excluding carboxylic acids is 1. The van der Waals surface area contributed by atoms with Crippen LogP contribution in [-0.4, -0.2) is 22.4 Å². The largest absolute Gasteiger partial charge is 0.494 e. The predicted octanol–water partition coefficient (Wildman–Crippen LogP) is 4.64. The minimum Gasteiger partial charge on any atom is -0.494 e. The van der Waals surface area contributed by atoms with Gasteiger partial charge in [-0.2, -0.15) is 0 Å². The van der Waals surface area contributed by atoms with Crippen LogP contribution in [0, 0.1) is 6.92 Å². The summed E-state index contributed by atoms with van der Waals surface area (Å²) in [6.07, 6.45) is 3.41. The van der Waals surface area contributed by atoms with Gasteiger partial charge in [-0.25, -0.2) is 0 Å². The van der Waals surface area contributed by atoms with Gasteiger partial charge in [-0.3, -0.25) is 14.6 Å². The fraction of sp³-hybridized carbons (Fsp3) is 0.192. The highest BCUT2D eigenvalue weighted by Crippen LogP contribution is 2.39. The second-order valence-corrected chi connectivity index (χ2v) is 7.87. The first-order chi connectivity index (χ1) is 15.6. The van der Waals surface area contributed by atoms with Crippen molar-refractivity contribution in [3.63, 3.8) is 0 Å². The van der Waals surface area contributed by atoms with Crippen LogP contribution in [0.3, 0.4) is 0 Å². The third kappa shape index (κ3) is 3.34. The summed E-state index contributed by atoms with van der Waals surface area (Å²) in [7, 11) is 0. The van der Waals surface area contributed by atoms with Crippen LogP contribution in [0.5, 0.6) is 5.75 Å². The van der Waals surface area contributed by atoms with Gasteiger partial charge in [0.05, 0.1) is 23.6 Å². The Morgan fingerprint density at radius 1 is 1.09 bits per heavy atom. The summed E-state index contributed by atoms with van der Waals surface area (Å²) in [6.45, 7) is 4.72. The van der Waals surface area contributed by atoms with Crippen molar-refractivity contribution in [2.24, 2.45) is 0 Å². The molecule has 0 N–H and O–H groups in total. The third-order valence-electron chi connectivity index (χ3n) is 5.70. The average molecular weight is 426 g/mol. The van der Waals surface area contributed by atoms with E-state index in [-0.39, 0.29) is 17.1 Å². The highest BCUT2D eigenvalue weighted by molar-refractivity contribution is 5.99. The molecule has 1 atom stereocenters. The molecule has 32 heavy (non-hydrogen) atoms. The van der Waals surface area contributed by atoms with E-state index in [1.165, 1.54) is 0 Å². The monoisotopic (exact) mass is 426 g/mol. The van der Waals surface area contributed by atoms with Crippen LogP contribution in [0.4, 0.5) is 0 Å². The minimum absolute atomic E-state index is 0.106. The predicted molar refractivity (Wildman–Crippen MR) is 121 cm³/mol. The molecular weight excluding hydrogens is 404 g/mol. The van der Waals surface area contributed by atoms with E-state index in [9.17, 15) is 9.59 Å². The Morgan fingerprint density at radius 3 is 2.62 bits per heavy atom. The van der Waals surface area contributed by atoms with Crippen LogP contribution in [0.25, 0.3) is 11.0 Å². The number of pyridine rings is 1. The Balaban J connectivity index is 1.69. The van der Waals surface area contributed by atoms with Crippen LogP contribution in [0.15, 0.2) is 76.2 Å². The van der Waals surface area contributed by atoms with E-state index in [0.717, 1.165) is 22.4 Å². The molecule has 1 aliphatic heterocycles. The van der Waals surface area contributed by atoms with E-state index in [2.05, 4.69) is 4.98 Å². The van der Waals surface area contributed by atoms with Crippen molar-refractivity contribution in [3.8, 4) is 5.75 Å². The summed E-state index contributed by atoms with van der Waals surface area (Å²) >= 11 is 0. The molecule has 1 amide bonds. The topological polar surface area (TPSA) is 72.6 Å². The summed E-state index contributed by atoms with van der Waals surface area (Å²) in [5.74, 6) is 0.539. The third-order valence-corrected chi connectivity index (χ3v) is 5.70. The van der Waals surface area contributed by atoms with Gasteiger partial charge in [0.2, 0.25) is 5.76 Å². The van der Waals surface area contributed by atoms with Crippen molar-refractivity contribution in [1.29, 1.82) is 0 Å². The first-order valence-electron chi connectivity index (χ1n) is 10.6. The number of hydrogen-bond donors (Lipinski definition) is 0. The smallest absolute Gasteiger partial charge is 0.291 e. The summed E-state index contributed by atoms with van der Waals surface area (Å²) in [4.78, 5) is 32.9. The van der Waals surface area contributed by atoms with E-state index in [1.807, 2.05) is 62.4 Å². The van der Waals surface area contributed by atoms with Gasteiger partial charge in [0, 0.05) is 18.9 Å². The molecule has 5 rings (SSSR count). The highest BCUT2D eigenvalue weighted by atomic mass is 16.5. The van der Waals surface area contributed by atoms with Gasteiger partial charge < -0.3 is 14.1 Å². The Morgan fingerprint density at radius 2 is 1.91 bits per heavy atom. The van der Waals surface area contributed by atoms with Crippen LogP contribution < -0.4 is 10.2 Å². The highest BCUT2D eigenvalue weighted by Gasteiger charge is 2.42. The molecular formula is C26H22N2O4. The minimum atomic E-state index is -0.561. The van der Waals surface area contributed by atoms with Crippen molar-refractivity contribution in [1.82, 2.24) is 9.88 Å². The lowest BCUT2D eigenvalue weighted by atomic mass is 9.98. The Bertz CT molecular complexity index is 1360. The normalized spacial score (nSPS) is 15.2. The van der Waals surface area contributed by atoms with Gasteiger partial charge in [0.1, 0.15) is 11.3 Å². The number of aromatic nitrogens is 1. The van der Waals surface area contributed by atoms with Gasteiger partial charge >= 0.3 is 0 Å². The number of fused-ring (bicyclic) bond motifs is 2. The van der Waals surface area contributed by atoms with E-state index < -0.39 is 6.04 Å². The Hall–Kier alpha value is -3.93. The zero-order valence-corrected chi connectivity index (χ0v) is 17.9. The van der Waals surface area contributed by atoms with E-state index >= 15 is 0 Å². The maximum Gasteiger partial charge on any atom is 0.291 e. The van der Waals surface area contributed by atoms with Gasteiger partial charge in [-0.1, -0.05) is 29.8 Å². The van der Waals surface area contributed by atoms with Crippen molar-refractivity contribution in [2.45, 2.75) is 26.4 Å². The number of rotatable bonds is 5. The molecule has 0 unspecified atom stereocenters. The molecule has 6 heteroatoms. The molecule has 0 spiro atoms. The molecule has 0 bridgehead atoms. The molecule has 2 aromatic heterocycles. The first kappa shape index (κ1) is 20.0. The summed E-state index contributed by atoms with van der Waals surface area (Å²) < 4.78 is 11.6. The second-order valence-electron chi connectivity index (χ2n) is 7.87. The molecule has 6 nitrogen and oxygen atoms in total. The molecule has 0 saturated heterocycles. The molecule has 4 aromatic rings. The number of aryl methyl sites for hydroxylation is 1. The SMILES string of the molecule is CCOc1ccc([C@H]2c3c(oc4ccc(C)cc4c3=O)C(=O)N2Cc2cccnc2)cc1.